The van der Waals surface area contributed by atoms with Gasteiger partial charge in [0.1, 0.15) is 0 Å². The second-order valence-corrected chi connectivity index (χ2v) is 5.79. The Morgan fingerprint density at radius 3 is 2.48 bits per heavy atom. The molecule has 1 N–H and O–H groups in total. The Balaban J connectivity index is 1.90. The first-order valence-corrected chi connectivity index (χ1v) is 7.57. The molecule has 0 saturated heterocycles. The molecule has 0 saturated carbocycles. The first-order chi connectivity index (χ1) is 10.1. The summed E-state index contributed by atoms with van der Waals surface area (Å²) in [5, 5.41) is 2.43. The molecule has 0 heterocycles. The highest BCUT2D eigenvalue weighted by Gasteiger charge is 2.14. The van der Waals surface area contributed by atoms with E-state index in [2.05, 4.69) is 5.32 Å². The van der Waals surface area contributed by atoms with Crippen LogP contribution in [0.3, 0.4) is 0 Å². The minimum absolute atomic E-state index is 0.107. The number of carbonyl (C=O) groups is 1. The minimum Gasteiger partial charge on any atom is -0.351 e. The molecule has 0 bridgehead atoms. The van der Waals surface area contributed by atoms with Crippen LogP contribution in [0.25, 0.3) is 0 Å². The van der Waals surface area contributed by atoms with Crippen molar-refractivity contribution < 1.29 is 17.8 Å². The first-order valence-electron chi connectivity index (χ1n) is 6.25. The zero-order valence-electron chi connectivity index (χ0n) is 11.0. The molecule has 0 aromatic heterocycles. The molecule has 0 aliphatic carbocycles. The predicted molar refractivity (Wildman–Crippen MR) is 76.4 cm³/mol. The van der Waals surface area contributed by atoms with Gasteiger partial charge < -0.3 is 5.32 Å². The molecule has 1 amide bonds. The third kappa shape index (κ3) is 3.95. The number of hydrogen-bond acceptors (Lipinski definition) is 2. The van der Waals surface area contributed by atoms with Crippen molar-refractivity contribution in [3.05, 3.63) is 65.7 Å². The van der Waals surface area contributed by atoms with Gasteiger partial charge in [-0.25, -0.2) is 8.78 Å². The summed E-state index contributed by atoms with van der Waals surface area (Å²) < 4.78 is 38.3. The second kappa shape index (κ2) is 7.08. The van der Waals surface area contributed by atoms with Crippen LogP contribution in [0.15, 0.2) is 53.4 Å². The average Bonchev–Trinajstić information content (AvgIpc) is 2.50. The van der Waals surface area contributed by atoms with Gasteiger partial charge in [-0.1, -0.05) is 24.3 Å². The maximum atomic E-state index is 13.4. The molecule has 110 valence electrons. The molecular weight excluding hydrogens is 296 g/mol. The highest BCUT2D eigenvalue weighted by Crippen LogP contribution is 2.11. The summed E-state index contributed by atoms with van der Waals surface area (Å²) >= 11 is 0. The lowest BCUT2D eigenvalue weighted by Crippen LogP contribution is -2.28. The number of nitrogens with one attached hydrogen (secondary N) is 1. The van der Waals surface area contributed by atoms with E-state index in [-0.39, 0.29) is 17.9 Å². The largest absolute Gasteiger partial charge is 0.351 e. The highest BCUT2D eigenvalue weighted by molar-refractivity contribution is 7.85. The Morgan fingerprint density at radius 2 is 1.76 bits per heavy atom. The molecule has 0 aliphatic rings. The Hall–Kier alpha value is -2.08. The van der Waals surface area contributed by atoms with Crippen molar-refractivity contribution in [2.45, 2.75) is 4.90 Å². The number of amides is 1. The molecule has 0 fully saturated rings. The smallest absolute Gasteiger partial charge is 0.254 e. The van der Waals surface area contributed by atoms with Gasteiger partial charge in [0.15, 0.2) is 11.6 Å². The van der Waals surface area contributed by atoms with Crippen LogP contribution in [0.5, 0.6) is 0 Å². The third-order valence-corrected chi connectivity index (χ3v) is 4.15. The van der Waals surface area contributed by atoms with E-state index < -0.39 is 28.3 Å². The minimum atomic E-state index is -1.25. The standard InChI is InChI=1S/C15H13F2NO2S/c16-13-8-4-7-12(14(13)17)15(19)18-9-10-21(20)11-5-2-1-3-6-11/h1-8H,9-10H2,(H,18,19)/t21-/m1/s1. The molecule has 6 heteroatoms. The Bertz CT molecular complexity index is 662. The van der Waals surface area contributed by atoms with Crippen LogP contribution in [0.4, 0.5) is 8.78 Å². The lowest BCUT2D eigenvalue weighted by molar-refractivity contribution is 0.0951. The van der Waals surface area contributed by atoms with Gasteiger partial charge in [-0.2, -0.15) is 0 Å². The molecule has 2 aromatic carbocycles. The summed E-state index contributed by atoms with van der Waals surface area (Å²) in [7, 11) is -1.25. The Labute approximate surface area is 123 Å². The molecule has 3 nitrogen and oxygen atoms in total. The van der Waals surface area contributed by atoms with Crippen molar-refractivity contribution in [1.29, 1.82) is 0 Å². The Kier molecular flexibility index (Phi) is 5.16. The van der Waals surface area contributed by atoms with Crippen LogP contribution in [0, 0.1) is 11.6 Å². The Morgan fingerprint density at radius 1 is 1.05 bits per heavy atom. The predicted octanol–water partition coefficient (Wildman–Crippen LogP) is 2.50. The molecule has 1 atom stereocenters. The number of rotatable bonds is 5. The van der Waals surface area contributed by atoms with Crippen LogP contribution in [-0.2, 0) is 10.8 Å². The van der Waals surface area contributed by atoms with Gasteiger partial charge in [0.05, 0.1) is 16.4 Å². The normalized spacial score (nSPS) is 11.9. The van der Waals surface area contributed by atoms with E-state index in [1.54, 1.807) is 24.3 Å². The lowest BCUT2D eigenvalue weighted by atomic mass is 10.2. The molecule has 21 heavy (non-hydrogen) atoms. The van der Waals surface area contributed by atoms with Crippen LogP contribution in [0.2, 0.25) is 0 Å². The van der Waals surface area contributed by atoms with Gasteiger partial charge in [-0.3, -0.25) is 9.00 Å². The quantitative estimate of drug-likeness (QED) is 0.922. The van der Waals surface area contributed by atoms with E-state index in [9.17, 15) is 17.8 Å². The summed E-state index contributed by atoms with van der Waals surface area (Å²) in [4.78, 5) is 12.4. The van der Waals surface area contributed by atoms with E-state index >= 15 is 0 Å². The zero-order valence-corrected chi connectivity index (χ0v) is 11.8. The molecule has 2 rings (SSSR count). The summed E-state index contributed by atoms with van der Waals surface area (Å²) in [6, 6.07) is 12.2. The molecule has 0 aliphatic heterocycles. The van der Waals surface area contributed by atoms with Crippen LogP contribution in [-0.4, -0.2) is 22.4 Å². The fraction of sp³-hybridized carbons (Fsp3) is 0.133. The van der Waals surface area contributed by atoms with Crippen molar-refractivity contribution in [2.24, 2.45) is 0 Å². The van der Waals surface area contributed by atoms with Gasteiger partial charge in [0.25, 0.3) is 5.91 Å². The number of carbonyl (C=O) groups excluding carboxylic acids is 1. The number of hydrogen-bond donors (Lipinski definition) is 1. The van der Waals surface area contributed by atoms with Crippen LogP contribution >= 0.6 is 0 Å². The summed E-state index contributed by atoms with van der Waals surface area (Å²) in [6.07, 6.45) is 0. The van der Waals surface area contributed by atoms with E-state index in [1.807, 2.05) is 6.07 Å². The maximum Gasteiger partial charge on any atom is 0.254 e. The highest BCUT2D eigenvalue weighted by atomic mass is 32.2. The van der Waals surface area contributed by atoms with E-state index in [0.29, 0.717) is 4.90 Å². The topological polar surface area (TPSA) is 46.2 Å². The monoisotopic (exact) mass is 309 g/mol. The summed E-state index contributed by atoms with van der Waals surface area (Å²) in [5.74, 6) is -2.78. The first kappa shape index (κ1) is 15.3. The fourth-order valence-corrected chi connectivity index (χ4v) is 2.71. The fourth-order valence-electron chi connectivity index (χ4n) is 1.72. The van der Waals surface area contributed by atoms with Crippen LogP contribution in [0.1, 0.15) is 10.4 Å². The average molecular weight is 309 g/mol. The summed E-state index contributed by atoms with van der Waals surface area (Å²) in [5.41, 5.74) is -0.361. The van der Waals surface area contributed by atoms with Gasteiger partial charge in [0.2, 0.25) is 0 Å². The number of halogens is 2. The maximum absolute atomic E-state index is 13.4. The SMILES string of the molecule is O=C(NCC[S@@](=O)c1ccccc1)c1cccc(F)c1F. The van der Waals surface area contributed by atoms with Crippen molar-refractivity contribution in [1.82, 2.24) is 5.32 Å². The lowest BCUT2D eigenvalue weighted by Gasteiger charge is -2.06. The third-order valence-electron chi connectivity index (χ3n) is 2.78. The van der Waals surface area contributed by atoms with Gasteiger partial charge in [-0.15, -0.1) is 0 Å². The number of benzene rings is 2. The second-order valence-electron chi connectivity index (χ2n) is 4.22. The van der Waals surface area contributed by atoms with Crippen molar-refractivity contribution in [3.63, 3.8) is 0 Å². The van der Waals surface area contributed by atoms with Gasteiger partial charge >= 0.3 is 0 Å². The molecule has 0 radical (unpaired) electrons. The van der Waals surface area contributed by atoms with Crippen molar-refractivity contribution in [2.75, 3.05) is 12.3 Å². The molecule has 0 spiro atoms. The van der Waals surface area contributed by atoms with Gasteiger partial charge in [0, 0.05) is 17.2 Å². The molecule has 0 unspecified atom stereocenters. The van der Waals surface area contributed by atoms with E-state index in [1.165, 1.54) is 12.1 Å². The van der Waals surface area contributed by atoms with Crippen molar-refractivity contribution in [3.8, 4) is 0 Å². The van der Waals surface area contributed by atoms with Crippen LogP contribution < -0.4 is 5.32 Å². The van der Waals surface area contributed by atoms with Gasteiger partial charge in [-0.05, 0) is 24.3 Å². The molecular formula is C15H13F2NO2S. The van der Waals surface area contributed by atoms with E-state index in [4.69, 9.17) is 0 Å². The molecule has 2 aromatic rings. The van der Waals surface area contributed by atoms with E-state index in [0.717, 1.165) is 6.07 Å². The van der Waals surface area contributed by atoms with Crippen molar-refractivity contribution >= 4 is 16.7 Å². The summed E-state index contributed by atoms with van der Waals surface area (Å²) in [6.45, 7) is 0.107. The zero-order chi connectivity index (χ0) is 15.2.